The summed E-state index contributed by atoms with van der Waals surface area (Å²) >= 11 is 11.8. The van der Waals surface area contributed by atoms with E-state index in [4.69, 9.17) is 28.9 Å². The van der Waals surface area contributed by atoms with Gasteiger partial charge in [-0.05, 0) is 12.5 Å². The highest BCUT2D eigenvalue weighted by Crippen LogP contribution is 2.27. The molecule has 3 nitrogen and oxygen atoms in total. The first-order valence-electron chi connectivity index (χ1n) is 5.50. The Morgan fingerprint density at radius 3 is 2.69 bits per heavy atom. The van der Waals surface area contributed by atoms with Crippen LogP contribution in [0, 0.1) is 0 Å². The monoisotopic (exact) mass is 261 g/mol. The van der Waals surface area contributed by atoms with Crippen LogP contribution in [0.25, 0.3) is 0 Å². The lowest BCUT2D eigenvalue weighted by molar-refractivity contribution is 0.684. The topological polar surface area (TPSA) is 50.9 Å². The number of pyridine rings is 1. The van der Waals surface area contributed by atoms with Gasteiger partial charge in [0.05, 0.1) is 10.0 Å². The van der Waals surface area contributed by atoms with Crippen molar-refractivity contribution in [3.8, 4) is 0 Å². The summed E-state index contributed by atoms with van der Waals surface area (Å²) < 4.78 is 0. The minimum Gasteiger partial charge on any atom is -0.382 e. The second-order valence-electron chi connectivity index (χ2n) is 3.67. The number of nitrogens with two attached hydrogens (primary N) is 1. The number of halogens is 2. The lowest BCUT2D eigenvalue weighted by Crippen LogP contribution is -2.05. The molecule has 0 aliphatic rings. The minimum atomic E-state index is 0.308. The fourth-order valence-corrected chi connectivity index (χ4v) is 1.79. The second-order valence-corrected chi connectivity index (χ2v) is 4.49. The smallest absolute Gasteiger partial charge is 0.147 e. The Kier molecular flexibility index (Phi) is 5.71. The second kappa shape index (κ2) is 6.81. The molecule has 0 aromatic carbocycles. The Morgan fingerprint density at radius 2 is 2.00 bits per heavy atom. The molecule has 0 saturated heterocycles. The van der Waals surface area contributed by atoms with E-state index in [1.165, 1.54) is 19.3 Å². The Bertz CT molecular complexity index is 342. The molecule has 0 radical (unpaired) electrons. The van der Waals surface area contributed by atoms with Crippen LogP contribution in [0.5, 0.6) is 0 Å². The third kappa shape index (κ3) is 4.06. The molecule has 16 heavy (non-hydrogen) atoms. The van der Waals surface area contributed by atoms with Crippen molar-refractivity contribution < 1.29 is 0 Å². The summed E-state index contributed by atoms with van der Waals surface area (Å²) in [6.07, 6.45) is 4.80. The summed E-state index contributed by atoms with van der Waals surface area (Å²) in [5.41, 5.74) is 5.60. The Labute approximate surface area is 106 Å². The van der Waals surface area contributed by atoms with E-state index in [9.17, 15) is 0 Å². The summed E-state index contributed by atoms with van der Waals surface area (Å²) in [4.78, 5) is 4.09. The molecule has 0 atom stereocenters. The highest BCUT2D eigenvalue weighted by molar-refractivity contribution is 6.37. The summed E-state index contributed by atoms with van der Waals surface area (Å²) in [6.45, 7) is 3.04. The largest absolute Gasteiger partial charge is 0.382 e. The SMILES string of the molecule is CCCCCCNc1nc(N)c(Cl)cc1Cl. The zero-order chi connectivity index (χ0) is 12.0. The maximum absolute atomic E-state index is 5.98. The van der Waals surface area contributed by atoms with Gasteiger partial charge in [-0.2, -0.15) is 0 Å². The normalized spacial score (nSPS) is 10.4. The van der Waals surface area contributed by atoms with E-state index in [1.807, 2.05) is 0 Å². The van der Waals surface area contributed by atoms with Crippen LogP contribution in [-0.2, 0) is 0 Å². The molecule has 0 saturated carbocycles. The van der Waals surface area contributed by atoms with Crippen LogP contribution in [-0.4, -0.2) is 11.5 Å². The molecule has 0 aliphatic heterocycles. The standard InChI is InChI=1S/C11H17Cl2N3/c1-2-3-4-5-6-15-11-9(13)7-8(12)10(14)16-11/h7H,2-6H2,1H3,(H3,14,15,16). The first-order valence-corrected chi connectivity index (χ1v) is 6.26. The summed E-state index contributed by atoms with van der Waals surface area (Å²) in [6, 6.07) is 1.61. The molecule has 1 aromatic heterocycles. The summed E-state index contributed by atoms with van der Waals surface area (Å²) in [7, 11) is 0. The molecule has 0 spiro atoms. The van der Waals surface area contributed by atoms with Crippen molar-refractivity contribution in [2.75, 3.05) is 17.6 Å². The highest BCUT2D eigenvalue weighted by Gasteiger charge is 2.05. The van der Waals surface area contributed by atoms with Gasteiger partial charge in [-0.3, -0.25) is 0 Å². The fraction of sp³-hybridized carbons (Fsp3) is 0.545. The van der Waals surface area contributed by atoms with Gasteiger partial charge in [0.25, 0.3) is 0 Å². The first-order chi connectivity index (χ1) is 7.65. The lowest BCUT2D eigenvalue weighted by atomic mass is 10.2. The maximum atomic E-state index is 5.98. The van der Waals surface area contributed by atoms with Gasteiger partial charge in [0.15, 0.2) is 0 Å². The van der Waals surface area contributed by atoms with Crippen LogP contribution in [0.1, 0.15) is 32.6 Å². The molecule has 0 amide bonds. The van der Waals surface area contributed by atoms with Gasteiger partial charge in [0.1, 0.15) is 11.6 Å². The number of anilines is 2. The highest BCUT2D eigenvalue weighted by atomic mass is 35.5. The fourth-order valence-electron chi connectivity index (χ4n) is 1.36. The number of hydrogen-bond acceptors (Lipinski definition) is 3. The van der Waals surface area contributed by atoms with Crippen molar-refractivity contribution in [1.29, 1.82) is 0 Å². The number of nitrogens with one attached hydrogen (secondary N) is 1. The lowest BCUT2D eigenvalue weighted by Gasteiger charge is -2.08. The number of nitrogens with zero attached hydrogens (tertiary/aromatic N) is 1. The predicted molar refractivity (Wildman–Crippen MR) is 71.3 cm³/mol. The van der Waals surface area contributed by atoms with Crippen LogP contribution in [0.2, 0.25) is 10.0 Å². The third-order valence-electron chi connectivity index (χ3n) is 2.28. The molecule has 5 heteroatoms. The summed E-state index contributed by atoms with van der Waals surface area (Å²) in [5, 5.41) is 4.06. The Hall–Kier alpha value is -0.670. The van der Waals surface area contributed by atoms with Gasteiger partial charge in [-0.15, -0.1) is 0 Å². The number of unbranched alkanes of at least 4 members (excludes halogenated alkanes) is 3. The average molecular weight is 262 g/mol. The molecule has 1 heterocycles. The molecule has 1 rings (SSSR count). The Balaban J connectivity index is 2.45. The van der Waals surface area contributed by atoms with E-state index in [-0.39, 0.29) is 0 Å². The van der Waals surface area contributed by atoms with Crippen molar-refractivity contribution in [2.45, 2.75) is 32.6 Å². The van der Waals surface area contributed by atoms with Gasteiger partial charge in [0, 0.05) is 6.54 Å². The van der Waals surface area contributed by atoms with Crippen molar-refractivity contribution in [2.24, 2.45) is 0 Å². The predicted octanol–water partition coefficient (Wildman–Crippen LogP) is 3.96. The number of nitrogen functional groups attached to an aromatic ring is 1. The van der Waals surface area contributed by atoms with E-state index >= 15 is 0 Å². The molecule has 90 valence electrons. The molecule has 0 fully saturated rings. The first kappa shape index (κ1) is 13.4. The van der Waals surface area contributed by atoms with Crippen LogP contribution in [0.4, 0.5) is 11.6 Å². The molecule has 0 aliphatic carbocycles. The van der Waals surface area contributed by atoms with Crippen molar-refractivity contribution in [3.05, 3.63) is 16.1 Å². The van der Waals surface area contributed by atoms with Gasteiger partial charge in [-0.25, -0.2) is 4.98 Å². The third-order valence-corrected chi connectivity index (χ3v) is 2.87. The minimum absolute atomic E-state index is 0.308. The van der Waals surface area contributed by atoms with Gasteiger partial charge in [0.2, 0.25) is 0 Å². The Morgan fingerprint density at radius 1 is 1.25 bits per heavy atom. The van der Waals surface area contributed by atoms with Crippen molar-refractivity contribution >= 4 is 34.8 Å². The van der Waals surface area contributed by atoms with Crippen LogP contribution >= 0.6 is 23.2 Å². The van der Waals surface area contributed by atoms with Crippen molar-refractivity contribution in [3.63, 3.8) is 0 Å². The number of aromatic nitrogens is 1. The van der Waals surface area contributed by atoms with Crippen LogP contribution in [0.15, 0.2) is 6.07 Å². The van der Waals surface area contributed by atoms with E-state index in [0.29, 0.717) is 21.7 Å². The average Bonchev–Trinajstić information content (AvgIpc) is 2.25. The van der Waals surface area contributed by atoms with Crippen molar-refractivity contribution in [1.82, 2.24) is 4.98 Å². The van der Waals surface area contributed by atoms with E-state index in [2.05, 4.69) is 17.2 Å². The van der Waals surface area contributed by atoms with E-state index in [0.717, 1.165) is 13.0 Å². The molecule has 0 unspecified atom stereocenters. The van der Waals surface area contributed by atoms with Gasteiger partial charge >= 0.3 is 0 Å². The van der Waals surface area contributed by atoms with Crippen LogP contribution in [0.3, 0.4) is 0 Å². The van der Waals surface area contributed by atoms with Crippen LogP contribution < -0.4 is 11.1 Å². The maximum Gasteiger partial charge on any atom is 0.147 e. The van der Waals surface area contributed by atoms with E-state index < -0.39 is 0 Å². The zero-order valence-corrected chi connectivity index (χ0v) is 10.9. The molecule has 0 bridgehead atoms. The van der Waals surface area contributed by atoms with Gasteiger partial charge < -0.3 is 11.1 Å². The summed E-state index contributed by atoms with van der Waals surface area (Å²) in [5.74, 6) is 0.919. The quantitative estimate of drug-likeness (QED) is 0.763. The molecule has 3 N–H and O–H groups in total. The molecule has 1 aromatic rings. The van der Waals surface area contributed by atoms with E-state index in [1.54, 1.807) is 6.07 Å². The number of hydrogen-bond donors (Lipinski definition) is 2. The van der Waals surface area contributed by atoms with Gasteiger partial charge in [-0.1, -0.05) is 49.4 Å². The molecular weight excluding hydrogens is 245 g/mol. The number of rotatable bonds is 6. The zero-order valence-electron chi connectivity index (χ0n) is 9.39. The molecular formula is C11H17Cl2N3.